The lowest BCUT2D eigenvalue weighted by Crippen LogP contribution is -2.17. The van der Waals surface area contributed by atoms with E-state index in [9.17, 15) is 9.59 Å². The minimum Gasteiger partial charge on any atom is -0.462 e. The van der Waals surface area contributed by atoms with Crippen LogP contribution in [0.1, 0.15) is 79.2 Å². The van der Waals surface area contributed by atoms with E-state index in [4.69, 9.17) is 4.74 Å². The molecule has 4 rings (SSSR count). The minimum atomic E-state index is -0.348. The third-order valence-corrected chi connectivity index (χ3v) is 8.53. The predicted molar refractivity (Wildman–Crippen MR) is 146 cm³/mol. The highest BCUT2D eigenvalue weighted by atomic mass is 32.2. The molecule has 1 amide bonds. The molecule has 2 heterocycles. The second-order valence-electron chi connectivity index (χ2n) is 9.15. The van der Waals surface area contributed by atoms with Crippen LogP contribution in [0.25, 0.3) is 11.4 Å². The van der Waals surface area contributed by atoms with Gasteiger partial charge in [-0.25, -0.2) is 4.79 Å². The van der Waals surface area contributed by atoms with E-state index in [2.05, 4.69) is 53.6 Å². The fourth-order valence-corrected chi connectivity index (χ4v) is 6.55. The smallest absolute Gasteiger partial charge is 0.341 e. The van der Waals surface area contributed by atoms with Crippen molar-refractivity contribution in [2.75, 3.05) is 17.7 Å². The summed E-state index contributed by atoms with van der Waals surface area (Å²) in [5.41, 5.74) is 3.88. The number of amides is 1. The summed E-state index contributed by atoms with van der Waals surface area (Å²) < 4.78 is 7.36. The summed E-state index contributed by atoms with van der Waals surface area (Å²) in [5, 5.41) is 13.1. The second-order valence-corrected chi connectivity index (χ2v) is 11.2. The van der Waals surface area contributed by atoms with Crippen LogP contribution in [0.4, 0.5) is 5.00 Å². The maximum absolute atomic E-state index is 12.9. The van der Waals surface area contributed by atoms with Crippen molar-refractivity contribution in [3.8, 4) is 11.4 Å². The highest BCUT2D eigenvalue weighted by Crippen LogP contribution is 2.38. The van der Waals surface area contributed by atoms with E-state index >= 15 is 0 Å². The summed E-state index contributed by atoms with van der Waals surface area (Å²) in [4.78, 5) is 26.9. The summed E-state index contributed by atoms with van der Waals surface area (Å²) >= 11 is 2.87. The molecule has 0 atom stereocenters. The van der Waals surface area contributed by atoms with E-state index in [0.717, 1.165) is 49.1 Å². The van der Waals surface area contributed by atoms with Crippen molar-refractivity contribution in [1.29, 1.82) is 0 Å². The molecule has 2 aromatic heterocycles. The number of hydrogen-bond donors (Lipinski definition) is 1. The maximum atomic E-state index is 12.9. The molecule has 1 aliphatic rings. The summed E-state index contributed by atoms with van der Waals surface area (Å²) in [6.07, 6.45) is 5.11. The summed E-state index contributed by atoms with van der Waals surface area (Å²) in [6, 6.07) is 8.39. The Bertz CT molecular complexity index is 1210. The molecule has 192 valence electrons. The van der Waals surface area contributed by atoms with Gasteiger partial charge in [-0.15, -0.1) is 21.5 Å². The van der Waals surface area contributed by atoms with Crippen molar-refractivity contribution in [3.63, 3.8) is 0 Å². The van der Waals surface area contributed by atoms with Crippen molar-refractivity contribution in [2.24, 2.45) is 0 Å². The summed E-state index contributed by atoms with van der Waals surface area (Å²) in [6.45, 7) is 9.20. The first kappa shape index (κ1) is 26.4. The number of carbonyl (C=O) groups is 2. The number of nitrogens with zero attached hydrogens (tertiary/aromatic N) is 3. The molecule has 1 aromatic carbocycles. The number of thiophene rings is 1. The Balaban J connectivity index is 1.48. The van der Waals surface area contributed by atoms with Gasteiger partial charge in [-0.1, -0.05) is 56.3 Å². The molecule has 0 saturated heterocycles. The lowest BCUT2D eigenvalue weighted by molar-refractivity contribution is -0.113. The van der Waals surface area contributed by atoms with Crippen LogP contribution in [0.3, 0.4) is 0 Å². The van der Waals surface area contributed by atoms with E-state index in [1.807, 2.05) is 11.5 Å². The van der Waals surface area contributed by atoms with Crippen LogP contribution >= 0.6 is 23.1 Å². The third-order valence-electron chi connectivity index (χ3n) is 6.35. The zero-order chi connectivity index (χ0) is 25.7. The van der Waals surface area contributed by atoms with E-state index in [1.165, 1.54) is 33.5 Å². The van der Waals surface area contributed by atoms with Crippen LogP contribution in [0, 0.1) is 0 Å². The molecule has 0 bridgehead atoms. The normalized spacial score (nSPS) is 13.4. The number of hydrogen-bond acceptors (Lipinski definition) is 7. The Morgan fingerprint density at radius 3 is 2.56 bits per heavy atom. The number of anilines is 1. The van der Waals surface area contributed by atoms with E-state index in [0.29, 0.717) is 34.8 Å². The molecular weight excluding hydrogens is 492 g/mol. The molecule has 1 aliphatic carbocycles. The fourth-order valence-electron chi connectivity index (χ4n) is 4.45. The third kappa shape index (κ3) is 5.83. The molecule has 36 heavy (non-hydrogen) atoms. The highest BCUT2D eigenvalue weighted by molar-refractivity contribution is 7.99. The molecule has 0 spiro atoms. The Morgan fingerprint density at radius 1 is 1.11 bits per heavy atom. The SMILES string of the molecule is CCOC(=O)c1c(NC(=O)CSc2nnc(-c3ccc(C(C)C)cc3)n2CC)sc2c1CCCCC2. The Kier molecular flexibility index (Phi) is 8.85. The van der Waals surface area contributed by atoms with Gasteiger partial charge in [0.05, 0.1) is 17.9 Å². The number of fused-ring (bicyclic) bond motifs is 1. The number of aryl methyl sites for hydroxylation is 1. The zero-order valence-electron chi connectivity index (χ0n) is 21.4. The lowest BCUT2D eigenvalue weighted by Gasteiger charge is -2.10. The molecule has 0 aliphatic heterocycles. The average molecular weight is 527 g/mol. The van der Waals surface area contributed by atoms with Crippen LogP contribution in [-0.4, -0.2) is 39.0 Å². The van der Waals surface area contributed by atoms with Crippen molar-refractivity contribution < 1.29 is 14.3 Å². The first-order valence-corrected chi connectivity index (χ1v) is 14.5. The fraction of sp³-hybridized carbons (Fsp3) is 0.481. The summed E-state index contributed by atoms with van der Waals surface area (Å²) in [7, 11) is 0. The predicted octanol–water partition coefficient (Wildman–Crippen LogP) is 6.33. The molecule has 0 saturated carbocycles. The first-order chi connectivity index (χ1) is 17.4. The van der Waals surface area contributed by atoms with Gasteiger partial charge in [0.1, 0.15) is 5.00 Å². The molecule has 1 N–H and O–H groups in total. The molecular formula is C27H34N4O3S2. The number of esters is 1. The standard InChI is InChI=1S/C27H34N4O3S2/c1-5-31-24(19-14-12-18(13-15-19)17(3)4)29-30-27(31)35-16-22(32)28-25-23(26(33)34-6-2)20-10-8-7-9-11-21(20)36-25/h12-15,17H,5-11,16H2,1-4H3,(H,28,32). The number of ether oxygens (including phenoxy) is 1. The largest absolute Gasteiger partial charge is 0.462 e. The van der Waals surface area contributed by atoms with Gasteiger partial charge in [-0.05, 0) is 56.6 Å². The molecule has 3 aromatic rings. The van der Waals surface area contributed by atoms with Gasteiger partial charge in [0.15, 0.2) is 11.0 Å². The number of carbonyl (C=O) groups excluding carboxylic acids is 2. The number of nitrogens with one attached hydrogen (secondary N) is 1. The number of benzene rings is 1. The van der Waals surface area contributed by atoms with Gasteiger partial charge in [0.25, 0.3) is 0 Å². The van der Waals surface area contributed by atoms with Gasteiger partial charge in [0.2, 0.25) is 5.91 Å². The van der Waals surface area contributed by atoms with Gasteiger partial charge in [-0.3, -0.25) is 4.79 Å². The first-order valence-electron chi connectivity index (χ1n) is 12.7. The van der Waals surface area contributed by atoms with Gasteiger partial charge < -0.3 is 14.6 Å². The number of aromatic nitrogens is 3. The van der Waals surface area contributed by atoms with E-state index < -0.39 is 0 Å². The van der Waals surface area contributed by atoms with Crippen molar-refractivity contribution in [3.05, 3.63) is 45.8 Å². The maximum Gasteiger partial charge on any atom is 0.341 e. The van der Waals surface area contributed by atoms with Crippen LogP contribution in [0.2, 0.25) is 0 Å². The average Bonchev–Trinajstić information content (AvgIpc) is 3.35. The quantitative estimate of drug-likeness (QED) is 0.199. The second kappa shape index (κ2) is 12.1. The van der Waals surface area contributed by atoms with Crippen LogP contribution in [0.5, 0.6) is 0 Å². The van der Waals surface area contributed by atoms with Crippen LogP contribution in [-0.2, 0) is 28.9 Å². The van der Waals surface area contributed by atoms with Crippen molar-refractivity contribution in [2.45, 2.75) is 77.4 Å². The zero-order valence-corrected chi connectivity index (χ0v) is 23.1. The molecule has 0 radical (unpaired) electrons. The monoisotopic (exact) mass is 526 g/mol. The Labute approximate surface area is 221 Å². The highest BCUT2D eigenvalue weighted by Gasteiger charge is 2.27. The molecule has 7 nitrogen and oxygen atoms in total. The van der Waals surface area contributed by atoms with Gasteiger partial charge >= 0.3 is 5.97 Å². The molecule has 0 fully saturated rings. The van der Waals surface area contributed by atoms with Crippen molar-refractivity contribution >= 4 is 40.0 Å². The summed E-state index contributed by atoms with van der Waals surface area (Å²) in [5.74, 6) is 0.918. The molecule has 0 unspecified atom stereocenters. The topological polar surface area (TPSA) is 86.1 Å². The Morgan fingerprint density at radius 2 is 1.86 bits per heavy atom. The minimum absolute atomic E-state index is 0.171. The van der Waals surface area contributed by atoms with E-state index in [-0.39, 0.29) is 17.6 Å². The molecule has 9 heteroatoms. The Hall–Kier alpha value is -2.65. The van der Waals surface area contributed by atoms with Gasteiger partial charge in [-0.2, -0.15) is 0 Å². The van der Waals surface area contributed by atoms with Crippen LogP contribution in [0.15, 0.2) is 29.4 Å². The lowest BCUT2D eigenvalue weighted by atomic mass is 10.0. The number of rotatable bonds is 9. The van der Waals surface area contributed by atoms with Crippen molar-refractivity contribution in [1.82, 2.24) is 14.8 Å². The van der Waals surface area contributed by atoms with E-state index in [1.54, 1.807) is 6.92 Å². The van der Waals surface area contributed by atoms with Gasteiger partial charge in [0, 0.05) is 17.0 Å². The van der Waals surface area contributed by atoms with Crippen LogP contribution < -0.4 is 5.32 Å². The number of thioether (sulfide) groups is 1.